The van der Waals surface area contributed by atoms with Crippen LogP contribution in [0.15, 0.2) is 0 Å². The molecule has 0 aromatic carbocycles. The Morgan fingerprint density at radius 3 is 1.28 bits per heavy atom. The minimum absolute atomic E-state index is 0. The maximum atomic E-state index is 10.3. The first-order valence-electron chi connectivity index (χ1n) is 4.30. The molecule has 18 heavy (non-hydrogen) atoms. The van der Waals surface area contributed by atoms with E-state index in [0.29, 0.717) is 0 Å². The molecule has 0 aromatic rings. The van der Waals surface area contributed by atoms with Gasteiger partial charge >= 0.3 is 47.5 Å². The zero-order chi connectivity index (χ0) is 14.1. The molecule has 0 rings (SSSR count). The van der Waals surface area contributed by atoms with Gasteiger partial charge in [0.05, 0.1) is 26.1 Å². The quantitative estimate of drug-likeness (QED) is 0.260. The van der Waals surface area contributed by atoms with E-state index in [4.69, 9.17) is 30.6 Å². The van der Waals surface area contributed by atoms with E-state index in [9.17, 15) is 14.4 Å². The first kappa shape index (κ1) is 22.5. The molecule has 0 atom stereocenters. The maximum absolute atomic E-state index is 10.3. The molecule has 0 heterocycles. The molecule has 0 fully saturated rings. The SMILES string of the molecule is O=C(O)CC(O)(CC(=O)O)C(=O)O.OCCO.[H-].[Na+]. The van der Waals surface area contributed by atoms with Crippen LogP contribution in [0.3, 0.4) is 0 Å². The smallest absolute Gasteiger partial charge is 1.00 e. The van der Waals surface area contributed by atoms with Crippen LogP contribution in [0.2, 0.25) is 0 Å². The second kappa shape index (κ2) is 11.4. The second-order valence-electron chi connectivity index (χ2n) is 2.92. The van der Waals surface area contributed by atoms with Crippen LogP contribution >= 0.6 is 0 Å². The number of rotatable bonds is 6. The predicted molar refractivity (Wildman–Crippen MR) is 52.4 cm³/mol. The van der Waals surface area contributed by atoms with Crippen molar-refractivity contribution in [3.05, 3.63) is 0 Å². The van der Waals surface area contributed by atoms with Gasteiger partial charge in [-0.1, -0.05) is 0 Å². The van der Waals surface area contributed by atoms with Gasteiger partial charge in [-0.2, -0.15) is 0 Å². The van der Waals surface area contributed by atoms with Crippen LogP contribution in [-0.2, 0) is 14.4 Å². The van der Waals surface area contributed by atoms with Crippen LogP contribution in [0.5, 0.6) is 0 Å². The minimum Gasteiger partial charge on any atom is -1.00 e. The predicted octanol–water partition coefficient (Wildman–Crippen LogP) is -5.16. The first-order chi connectivity index (χ1) is 7.69. The van der Waals surface area contributed by atoms with Crippen molar-refractivity contribution in [3.63, 3.8) is 0 Å². The summed E-state index contributed by atoms with van der Waals surface area (Å²) in [6.45, 7) is -0.250. The zero-order valence-electron chi connectivity index (χ0n) is 10.7. The van der Waals surface area contributed by atoms with Gasteiger partial charge < -0.3 is 32.1 Å². The Kier molecular flexibility index (Phi) is 14.2. The van der Waals surface area contributed by atoms with Crippen molar-refractivity contribution in [2.75, 3.05) is 13.2 Å². The number of aliphatic carboxylic acids is 3. The topological polar surface area (TPSA) is 173 Å². The van der Waals surface area contributed by atoms with Gasteiger partial charge in [0, 0.05) is 0 Å². The van der Waals surface area contributed by atoms with E-state index in [1.807, 2.05) is 0 Å². The Labute approximate surface area is 125 Å². The normalized spacial score (nSPS) is 9.50. The standard InChI is InChI=1S/C6H8O7.C2H6O2.Na.H/c7-3(8)1-6(13,5(11)12)2-4(9)10;3-1-2-4;;/h13H,1-2H2,(H,7,8)(H,9,10)(H,11,12);3-4H,1-2H2;;/q;;+1;-1. The molecule has 0 bridgehead atoms. The van der Waals surface area contributed by atoms with Gasteiger partial charge in [-0.05, 0) is 0 Å². The average Bonchev–Trinajstić information content (AvgIpc) is 2.15. The summed E-state index contributed by atoms with van der Waals surface area (Å²) in [6, 6.07) is 0. The molecule has 0 saturated heterocycles. The van der Waals surface area contributed by atoms with Crippen molar-refractivity contribution in [3.8, 4) is 0 Å². The van der Waals surface area contributed by atoms with Crippen molar-refractivity contribution in [1.29, 1.82) is 0 Å². The summed E-state index contributed by atoms with van der Waals surface area (Å²) in [4.78, 5) is 30.5. The summed E-state index contributed by atoms with van der Waals surface area (Å²) >= 11 is 0. The maximum Gasteiger partial charge on any atom is 1.00 e. The van der Waals surface area contributed by atoms with Crippen molar-refractivity contribution >= 4 is 17.9 Å². The summed E-state index contributed by atoms with van der Waals surface area (Å²) in [5, 5.41) is 49.1. The van der Waals surface area contributed by atoms with E-state index in [2.05, 4.69) is 0 Å². The molecule has 6 N–H and O–H groups in total. The monoisotopic (exact) mass is 278 g/mol. The molecule has 102 valence electrons. The molecule has 0 aliphatic carbocycles. The number of aliphatic hydroxyl groups is 3. The summed E-state index contributed by atoms with van der Waals surface area (Å²) in [7, 11) is 0. The Morgan fingerprint density at radius 2 is 1.17 bits per heavy atom. The van der Waals surface area contributed by atoms with E-state index in [-0.39, 0.29) is 44.2 Å². The number of hydrogen-bond donors (Lipinski definition) is 6. The molecule has 0 aliphatic rings. The summed E-state index contributed by atoms with van der Waals surface area (Å²) in [5.74, 6) is -5.02. The van der Waals surface area contributed by atoms with Gasteiger partial charge in [0.25, 0.3) is 0 Å². The van der Waals surface area contributed by atoms with E-state index in [0.717, 1.165) is 0 Å². The van der Waals surface area contributed by atoms with E-state index >= 15 is 0 Å². The largest absolute Gasteiger partial charge is 1.00 e. The van der Waals surface area contributed by atoms with Crippen LogP contribution in [0.1, 0.15) is 14.3 Å². The number of hydrogen-bond acceptors (Lipinski definition) is 6. The third kappa shape index (κ3) is 11.8. The third-order valence-corrected chi connectivity index (χ3v) is 1.39. The number of carbonyl (C=O) groups is 3. The van der Waals surface area contributed by atoms with Gasteiger partial charge in [-0.25, -0.2) is 4.79 Å². The van der Waals surface area contributed by atoms with Gasteiger partial charge in [-0.3, -0.25) is 9.59 Å². The Balaban J connectivity index is -0.000000165. The molecule has 9 nitrogen and oxygen atoms in total. The number of carboxylic acid groups (broad SMARTS) is 3. The van der Waals surface area contributed by atoms with Crippen molar-refractivity contribution in [2.24, 2.45) is 0 Å². The Morgan fingerprint density at radius 1 is 0.889 bits per heavy atom. The fraction of sp³-hybridized carbons (Fsp3) is 0.625. The summed E-state index contributed by atoms with van der Waals surface area (Å²) in [6.07, 6.45) is -2.29. The molecule has 0 aliphatic heterocycles. The van der Waals surface area contributed by atoms with Gasteiger partial charge in [0.2, 0.25) is 0 Å². The Hall–Kier alpha value is -0.710. The molecule has 0 unspecified atom stereocenters. The number of aliphatic hydroxyl groups excluding tert-OH is 2. The van der Waals surface area contributed by atoms with Gasteiger partial charge in [-0.15, -0.1) is 0 Å². The van der Waals surface area contributed by atoms with E-state index in [1.54, 1.807) is 0 Å². The molecular formula is C8H15NaO9. The van der Waals surface area contributed by atoms with Crippen LogP contribution in [0.4, 0.5) is 0 Å². The molecule has 0 aromatic heterocycles. The first-order valence-corrected chi connectivity index (χ1v) is 4.30. The van der Waals surface area contributed by atoms with Gasteiger partial charge in [0.15, 0.2) is 5.60 Å². The summed E-state index contributed by atoms with van der Waals surface area (Å²) < 4.78 is 0. The van der Waals surface area contributed by atoms with E-state index in [1.165, 1.54) is 0 Å². The van der Waals surface area contributed by atoms with Crippen molar-refractivity contribution in [2.45, 2.75) is 18.4 Å². The Bertz CT molecular complexity index is 265. The number of carboxylic acids is 3. The van der Waals surface area contributed by atoms with Crippen LogP contribution in [0.25, 0.3) is 0 Å². The van der Waals surface area contributed by atoms with E-state index < -0.39 is 36.4 Å². The summed E-state index contributed by atoms with van der Waals surface area (Å²) in [5.41, 5.74) is -2.74. The van der Waals surface area contributed by atoms with Crippen LogP contribution in [0, 0.1) is 0 Å². The molecule has 0 amide bonds. The van der Waals surface area contributed by atoms with Gasteiger partial charge in [0.1, 0.15) is 0 Å². The molecule has 0 saturated carbocycles. The second-order valence-corrected chi connectivity index (χ2v) is 2.92. The zero-order valence-corrected chi connectivity index (χ0v) is 11.7. The van der Waals surface area contributed by atoms with Crippen LogP contribution in [-0.4, -0.2) is 67.4 Å². The van der Waals surface area contributed by atoms with Crippen molar-refractivity contribution in [1.82, 2.24) is 0 Å². The minimum atomic E-state index is -2.74. The molecule has 0 radical (unpaired) electrons. The van der Waals surface area contributed by atoms with Crippen molar-refractivity contribution < 1.29 is 76.0 Å². The third-order valence-electron chi connectivity index (χ3n) is 1.39. The fourth-order valence-corrected chi connectivity index (χ4v) is 0.714. The van der Waals surface area contributed by atoms with Crippen LogP contribution < -0.4 is 29.6 Å². The average molecular weight is 278 g/mol. The fourth-order valence-electron chi connectivity index (χ4n) is 0.714. The molecule has 0 spiro atoms. The molecule has 10 heteroatoms. The molecular weight excluding hydrogens is 263 g/mol.